The first-order valence-corrected chi connectivity index (χ1v) is 11.4. The van der Waals surface area contributed by atoms with Crippen LogP contribution in [-0.2, 0) is 11.0 Å². The summed E-state index contributed by atoms with van der Waals surface area (Å²) in [5.74, 6) is 1.71. The van der Waals surface area contributed by atoms with Gasteiger partial charge >= 0.3 is 0 Å². The van der Waals surface area contributed by atoms with E-state index in [1.807, 2.05) is 67.6 Å². The Bertz CT molecular complexity index is 1450. The number of aromatic nitrogens is 4. The molecule has 0 fully saturated rings. The number of hydrogen-bond donors (Lipinski definition) is 1. The Morgan fingerprint density at radius 1 is 0.879 bits per heavy atom. The number of nitrogens with zero attached hydrogens (tertiary/aromatic N) is 4. The smallest absolute Gasteiger partial charge is 0.219 e. The third kappa shape index (κ3) is 4.56. The molecule has 3 aromatic heterocycles. The van der Waals surface area contributed by atoms with E-state index in [-0.39, 0.29) is 0 Å². The third-order valence-corrected chi connectivity index (χ3v) is 6.13. The van der Waals surface area contributed by atoms with Crippen LogP contribution in [0.1, 0.15) is 5.56 Å². The van der Waals surface area contributed by atoms with E-state index in [1.165, 1.54) is 6.33 Å². The van der Waals surface area contributed by atoms with E-state index >= 15 is 0 Å². The predicted octanol–water partition coefficient (Wildman–Crippen LogP) is 5.32. The molecule has 1 N–H and O–H groups in total. The second kappa shape index (κ2) is 9.13. The maximum Gasteiger partial charge on any atom is 0.219 e. The molecule has 2 aromatic carbocycles. The van der Waals surface area contributed by atoms with Crippen LogP contribution in [-0.4, -0.2) is 24.1 Å². The normalized spacial score (nSPS) is 11.8. The standard InChI is InChI=1S/C25H19N5O2S/c1-17-5-6-19(32-24-4-2-3-11-27-24)15-22(17)25-21-8-7-20(14-18(21)9-13-28-25)33(31)30-23-10-12-26-16-29-23/h2-16H,1H3,(H,26,29,30). The highest BCUT2D eigenvalue weighted by Crippen LogP contribution is 2.33. The number of hydrogen-bond acceptors (Lipinski definition) is 6. The van der Waals surface area contributed by atoms with E-state index in [1.54, 1.807) is 24.7 Å². The van der Waals surface area contributed by atoms with Crippen molar-refractivity contribution in [2.45, 2.75) is 11.8 Å². The quantitative estimate of drug-likeness (QED) is 0.374. The van der Waals surface area contributed by atoms with E-state index in [4.69, 9.17) is 4.74 Å². The molecular weight excluding hydrogens is 434 g/mol. The highest BCUT2D eigenvalue weighted by atomic mass is 32.2. The zero-order chi connectivity index (χ0) is 22.6. The van der Waals surface area contributed by atoms with Crippen LogP contribution >= 0.6 is 0 Å². The van der Waals surface area contributed by atoms with Gasteiger partial charge < -0.3 is 4.74 Å². The van der Waals surface area contributed by atoms with Gasteiger partial charge in [0.1, 0.15) is 17.9 Å². The minimum atomic E-state index is -1.46. The third-order valence-electron chi connectivity index (χ3n) is 5.05. The largest absolute Gasteiger partial charge is 0.439 e. The molecular formula is C25H19N5O2S. The summed E-state index contributed by atoms with van der Waals surface area (Å²) in [5, 5.41) is 1.89. The van der Waals surface area contributed by atoms with Crippen molar-refractivity contribution in [1.29, 1.82) is 0 Å². The van der Waals surface area contributed by atoms with Gasteiger partial charge in [-0.15, -0.1) is 0 Å². The summed E-state index contributed by atoms with van der Waals surface area (Å²) in [6.45, 7) is 2.04. The molecule has 33 heavy (non-hydrogen) atoms. The molecule has 0 amide bonds. The average Bonchev–Trinajstić information content (AvgIpc) is 2.86. The summed E-state index contributed by atoms with van der Waals surface area (Å²) in [7, 11) is -1.46. The van der Waals surface area contributed by atoms with Gasteiger partial charge in [-0.05, 0) is 60.3 Å². The number of rotatable bonds is 6. The molecule has 0 aliphatic carbocycles. The van der Waals surface area contributed by atoms with Crippen molar-refractivity contribution in [2.24, 2.45) is 0 Å². The Hall–Kier alpha value is -4.17. The number of benzene rings is 2. The molecule has 0 aliphatic heterocycles. The zero-order valence-electron chi connectivity index (χ0n) is 17.7. The van der Waals surface area contributed by atoms with E-state index in [2.05, 4.69) is 24.7 Å². The molecule has 5 aromatic rings. The molecule has 0 aliphatic rings. The number of fused-ring (bicyclic) bond motifs is 1. The summed E-state index contributed by atoms with van der Waals surface area (Å²) >= 11 is 0. The van der Waals surface area contributed by atoms with Crippen molar-refractivity contribution in [3.8, 4) is 22.9 Å². The van der Waals surface area contributed by atoms with E-state index < -0.39 is 11.0 Å². The Balaban J connectivity index is 1.49. The van der Waals surface area contributed by atoms with E-state index in [9.17, 15) is 4.21 Å². The average molecular weight is 454 g/mol. The predicted molar refractivity (Wildman–Crippen MR) is 128 cm³/mol. The van der Waals surface area contributed by atoms with Crippen LogP contribution in [0.15, 0.2) is 96.5 Å². The highest BCUT2D eigenvalue weighted by Gasteiger charge is 2.13. The highest BCUT2D eigenvalue weighted by molar-refractivity contribution is 7.86. The summed E-state index contributed by atoms with van der Waals surface area (Å²) in [6.07, 6.45) is 6.45. The lowest BCUT2D eigenvalue weighted by molar-refractivity contribution is 0.463. The molecule has 1 unspecified atom stereocenters. The SMILES string of the molecule is Cc1ccc(Oc2ccccn2)cc1-c1nccc2cc(S(=O)Nc3ccncn3)ccc12. The first-order chi connectivity index (χ1) is 16.2. The Morgan fingerprint density at radius 2 is 1.82 bits per heavy atom. The number of anilines is 1. The van der Waals surface area contributed by atoms with Crippen LogP contribution in [0.4, 0.5) is 5.82 Å². The van der Waals surface area contributed by atoms with Crippen LogP contribution < -0.4 is 9.46 Å². The molecule has 8 heteroatoms. The van der Waals surface area contributed by atoms with Crippen molar-refractivity contribution in [3.63, 3.8) is 0 Å². The lowest BCUT2D eigenvalue weighted by Crippen LogP contribution is -2.06. The minimum absolute atomic E-state index is 0.499. The lowest BCUT2D eigenvalue weighted by Gasteiger charge is -2.12. The number of aryl methyl sites for hydroxylation is 1. The van der Waals surface area contributed by atoms with Crippen molar-refractivity contribution in [3.05, 3.63) is 97.2 Å². The van der Waals surface area contributed by atoms with Crippen molar-refractivity contribution in [1.82, 2.24) is 19.9 Å². The zero-order valence-corrected chi connectivity index (χ0v) is 18.5. The molecule has 0 bridgehead atoms. The van der Waals surface area contributed by atoms with Gasteiger partial charge in [-0.1, -0.05) is 18.2 Å². The molecule has 162 valence electrons. The van der Waals surface area contributed by atoms with Gasteiger partial charge in [-0.25, -0.2) is 19.2 Å². The number of pyridine rings is 2. The van der Waals surface area contributed by atoms with Gasteiger partial charge in [-0.3, -0.25) is 9.71 Å². The monoisotopic (exact) mass is 453 g/mol. The van der Waals surface area contributed by atoms with Crippen molar-refractivity contribution >= 4 is 27.6 Å². The molecule has 7 nitrogen and oxygen atoms in total. The van der Waals surface area contributed by atoms with Gasteiger partial charge in [0.15, 0.2) is 11.0 Å². The van der Waals surface area contributed by atoms with Crippen molar-refractivity contribution < 1.29 is 8.95 Å². The molecule has 0 radical (unpaired) electrons. The first-order valence-electron chi connectivity index (χ1n) is 10.2. The van der Waals surface area contributed by atoms with E-state index in [0.29, 0.717) is 22.3 Å². The van der Waals surface area contributed by atoms with Gasteiger partial charge in [0.25, 0.3) is 0 Å². The van der Waals surface area contributed by atoms with Crippen LogP contribution in [0.5, 0.6) is 11.6 Å². The van der Waals surface area contributed by atoms with Gasteiger partial charge in [-0.2, -0.15) is 0 Å². The summed E-state index contributed by atoms with van der Waals surface area (Å²) in [5.41, 5.74) is 2.86. The Labute approximate surface area is 193 Å². The fraction of sp³-hybridized carbons (Fsp3) is 0.0400. The molecule has 0 saturated carbocycles. The molecule has 3 heterocycles. The molecule has 0 saturated heterocycles. The van der Waals surface area contributed by atoms with E-state index in [0.717, 1.165) is 27.6 Å². The Morgan fingerprint density at radius 3 is 2.64 bits per heavy atom. The second-order valence-electron chi connectivity index (χ2n) is 7.25. The minimum Gasteiger partial charge on any atom is -0.439 e. The molecule has 5 rings (SSSR count). The first kappa shape index (κ1) is 20.7. The number of nitrogens with one attached hydrogen (secondary N) is 1. The molecule has 0 spiro atoms. The van der Waals surface area contributed by atoms with Gasteiger partial charge in [0.2, 0.25) is 5.88 Å². The summed E-state index contributed by atoms with van der Waals surface area (Å²) in [6, 6.07) is 20.7. The maximum atomic E-state index is 12.8. The molecule has 1 atom stereocenters. The topological polar surface area (TPSA) is 89.9 Å². The second-order valence-corrected chi connectivity index (χ2v) is 8.47. The summed E-state index contributed by atoms with van der Waals surface area (Å²) in [4.78, 5) is 17.5. The van der Waals surface area contributed by atoms with Crippen LogP contribution in [0, 0.1) is 6.92 Å². The van der Waals surface area contributed by atoms with Crippen molar-refractivity contribution in [2.75, 3.05) is 4.72 Å². The summed E-state index contributed by atoms with van der Waals surface area (Å²) < 4.78 is 21.6. The van der Waals surface area contributed by atoms with Gasteiger partial charge in [0, 0.05) is 35.6 Å². The van der Waals surface area contributed by atoms with Crippen LogP contribution in [0.2, 0.25) is 0 Å². The number of ether oxygens (including phenoxy) is 1. The van der Waals surface area contributed by atoms with Crippen LogP contribution in [0.25, 0.3) is 22.0 Å². The lowest BCUT2D eigenvalue weighted by atomic mass is 10.00. The fourth-order valence-corrected chi connectivity index (χ4v) is 4.29. The Kier molecular flexibility index (Phi) is 5.73. The maximum absolute atomic E-state index is 12.8. The van der Waals surface area contributed by atoms with Gasteiger partial charge in [0.05, 0.1) is 10.6 Å². The fourth-order valence-electron chi connectivity index (χ4n) is 3.44. The van der Waals surface area contributed by atoms with Crippen LogP contribution in [0.3, 0.4) is 0 Å².